The maximum absolute atomic E-state index is 15.8. The van der Waals surface area contributed by atoms with Crippen LogP contribution in [0.4, 0.5) is 9.18 Å². The normalized spacial score (nSPS) is 16.4. The fourth-order valence-corrected chi connectivity index (χ4v) is 4.66. The third-order valence-corrected chi connectivity index (χ3v) is 6.30. The van der Waals surface area contributed by atoms with Crippen LogP contribution in [-0.4, -0.2) is 58.4 Å². The number of H-pyrrole nitrogens is 1. The van der Waals surface area contributed by atoms with E-state index in [1.807, 2.05) is 29.7 Å². The molecule has 4 aromatic rings. The molecule has 0 bridgehead atoms. The quantitative estimate of drug-likeness (QED) is 0.472. The van der Waals surface area contributed by atoms with Crippen LogP contribution in [0.15, 0.2) is 41.2 Å². The van der Waals surface area contributed by atoms with Crippen molar-refractivity contribution in [2.45, 2.75) is 19.6 Å². The van der Waals surface area contributed by atoms with Gasteiger partial charge in [0.05, 0.1) is 60.0 Å². The van der Waals surface area contributed by atoms with Crippen LogP contribution in [0.1, 0.15) is 5.56 Å². The maximum atomic E-state index is 15.8. The molecule has 10 heteroatoms. The van der Waals surface area contributed by atoms with Gasteiger partial charge in [-0.25, -0.2) is 14.2 Å². The lowest BCUT2D eigenvalue weighted by atomic mass is 10.1. The van der Waals surface area contributed by atoms with Gasteiger partial charge in [0.2, 0.25) is 5.56 Å². The number of carbonyl (C=O) groups excluding carboxylic acids is 1. The van der Waals surface area contributed by atoms with Gasteiger partial charge in [-0.15, -0.1) is 0 Å². The number of benzene rings is 2. The fraction of sp³-hybridized carbons (Fsp3) is 0.292. The molecule has 0 saturated carbocycles. The zero-order valence-electron chi connectivity index (χ0n) is 18.6. The van der Waals surface area contributed by atoms with Crippen LogP contribution in [-0.2, 0) is 16.0 Å². The summed E-state index contributed by atoms with van der Waals surface area (Å²) in [6, 6.07) is 10.0. The predicted octanol–water partition coefficient (Wildman–Crippen LogP) is 4.11. The first-order valence-electron chi connectivity index (χ1n) is 10.8. The lowest BCUT2D eigenvalue weighted by molar-refractivity contribution is -0.0310. The van der Waals surface area contributed by atoms with E-state index in [1.165, 1.54) is 25.3 Å². The highest BCUT2D eigenvalue weighted by Gasteiger charge is 2.28. The van der Waals surface area contributed by atoms with Crippen LogP contribution >= 0.6 is 11.6 Å². The second-order valence-electron chi connectivity index (χ2n) is 8.28. The molecule has 0 radical (unpaired) electrons. The van der Waals surface area contributed by atoms with Gasteiger partial charge >= 0.3 is 6.09 Å². The van der Waals surface area contributed by atoms with Crippen molar-refractivity contribution >= 4 is 39.6 Å². The van der Waals surface area contributed by atoms with Gasteiger partial charge in [0.15, 0.2) is 0 Å². The molecule has 1 atom stereocenters. The zero-order valence-corrected chi connectivity index (χ0v) is 19.4. The van der Waals surface area contributed by atoms with Crippen molar-refractivity contribution in [2.75, 3.05) is 26.8 Å². The van der Waals surface area contributed by atoms with E-state index in [1.54, 1.807) is 4.90 Å². The van der Waals surface area contributed by atoms with Gasteiger partial charge in [-0.05, 0) is 36.8 Å². The molecular weight excluding hydrogens is 463 g/mol. The smallest absolute Gasteiger partial charge is 0.409 e. The second-order valence-corrected chi connectivity index (χ2v) is 8.69. The van der Waals surface area contributed by atoms with Crippen LogP contribution in [0.3, 0.4) is 0 Å². The number of hydrogen-bond acceptors (Lipinski definition) is 5. The minimum Gasteiger partial charge on any atom is -0.453 e. The number of carbonyl (C=O) groups is 1. The topological polar surface area (TPSA) is 89.5 Å². The molecule has 5 rings (SSSR count). The average Bonchev–Trinajstić information content (AvgIpc) is 3.15. The number of amides is 1. The van der Waals surface area contributed by atoms with E-state index in [4.69, 9.17) is 26.1 Å². The Bertz CT molecular complexity index is 1480. The number of nitrogens with zero attached hydrogens (tertiary/aromatic N) is 3. The number of pyridine rings is 1. The van der Waals surface area contributed by atoms with Crippen LogP contribution < -0.4 is 5.56 Å². The molecule has 0 unspecified atom stereocenters. The molecule has 8 nitrogen and oxygen atoms in total. The first kappa shape index (κ1) is 22.4. The first-order valence-corrected chi connectivity index (χ1v) is 11.2. The molecule has 3 heterocycles. The molecule has 34 heavy (non-hydrogen) atoms. The summed E-state index contributed by atoms with van der Waals surface area (Å²) >= 11 is 6.54. The lowest BCUT2D eigenvalue weighted by Gasteiger charge is -2.32. The third-order valence-electron chi connectivity index (χ3n) is 6.00. The maximum Gasteiger partial charge on any atom is 0.409 e. The van der Waals surface area contributed by atoms with Crippen LogP contribution in [0.5, 0.6) is 0 Å². The van der Waals surface area contributed by atoms with E-state index in [9.17, 15) is 9.59 Å². The summed E-state index contributed by atoms with van der Waals surface area (Å²) in [6.07, 6.45) is -0.777. The third kappa shape index (κ3) is 3.91. The Hall–Kier alpha value is -3.43. The highest BCUT2D eigenvalue weighted by molar-refractivity contribution is 6.34. The van der Waals surface area contributed by atoms with Gasteiger partial charge in [0, 0.05) is 18.0 Å². The number of morpholine rings is 1. The highest BCUT2D eigenvalue weighted by Crippen LogP contribution is 2.36. The Morgan fingerprint density at radius 2 is 2.15 bits per heavy atom. The molecular formula is C24H22ClFN4O4. The number of nitrogens with one attached hydrogen (secondary N) is 1. The van der Waals surface area contributed by atoms with Gasteiger partial charge in [-0.1, -0.05) is 17.7 Å². The fourth-order valence-electron chi connectivity index (χ4n) is 4.38. The summed E-state index contributed by atoms with van der Waals surface area (Å²) < 4.78 is 28.4. The Morgan fingerprint density at radius 3 is 2.94 bits per heavy atom. The van der Waals surface area contributed by atoms with Gasteiger partial charge in [-0.3, -0.25) is 4.79 Å². The Balaban J connectivity index is 1.65. The number of fused-ring (bicyclic) bond motifs is 2. The highest BCUT2D eigenvalue weighted by atomic mass is 35.5. The second kappa shape index (κ2) is 8.73. The zero-order chi connectivity index (χ0) is 24.0. The molecule has 2 aromatic heterocycles. The largest absolute Gasteiger partial charge is 0.453 e. The van der Waals surface area contributed by atoms with E-state index in [-0.39, 0.29) is 27.6 Å². The van der Waals surface area contributed by atoms with Crippen molar-refractivity contribution in [3.05, 3.63) is 63.2 Å². The lowest BCUT2D eigenvalue weighted by Crippen LogP contribution is -2.47. The van der Waals surface area contributed by atoms with Gasteiger partial charge in [-0.2, -0.15) is 0 Å². The summed E-state index contributed by atoms with van der Waals surface area (Å²) in [5, 5.41) is 0.362. The minimum absolute atomic E-state index is 0.126. The summed E-state index contributed by atoms with van der Waals surface area (Å²) in [5.74, 6) is -0.234. The number of aromatic nitrogens is 3. The van der Waals surface area contributed by atoms with Crippen LogP contribution in [0.25, 0.3) is 33.3 Å². The molecule has 1 amide bonds. The van der Waals surface area contributed by atoms with Crippen molar-refractivity contribution in [3.8, 4) is 11.4 Å². The van der Waals surface area contributed by atoms with Crippen molar-refractivity contribution in [1.82, 2.24) is 19.4 Å². The number of ether oxygens (including phenoxy) is 2. The number of rotatable bonds is 3. The molecule has 2 aromatic carbocycles. The molecule has 1 N–H and O–H groups in total. The number of hydrogen-bond donors (Lipinski definition) is 1. The molecule has 0 aliphatic carbocycles. The van der Waals surface area contributed by atoms with E-state index >= 15 is 4.39 Å². The van der Waals surface area contributed by atoms with Gasteiger partial charge in [0.1, 0.15) is 11.6 Å². The van der Waals surface area contributed by atoms with Crippen LogP contribution in [0.2, 0.25) is 5.02 Å². The first-order chi connectivity index (χ1) is 16.4. The number of methoxy groups -OCH3 is 1. The monoisotopic (exact) mass is 484 g/mol. The van der Waals surface area contributed by atoms with E-state index in [0.29, 0.717) is 43.1 Å². The number of aryl methyl sites for hydroxylation is 1. The Labute approximate surface area is 198 Å². The summed E-state index contributed by atoms with van der Waals surface area (Å²) in [6.45, 7) is 3.40. The van der Waals surface area contributed by atoms with Crippen molar-refractivity contribution < 1.29 is 18.7 Å². The summed E-state index contributed by atoms with van der Waals surface area (Å²) in [4.78, 5) is 32.6. The van der Waals surface area contributed by atoms with E-state index in [2.05, 4.69) is 4.98 Å². The molecule has 1 fully saturated rings. The number of imidazole rings is 1. The SMILES string of the molecule is COC(=O)N1CCO[C@@H](Cn2c(-c3c(Cl)cc4[nH]c(=O)ccc4c3F)nc3cc(C)ccc32)C1. The Kier molecular flexibility index (Phi) is 5.75. The van der Waals surface area contributed by atoms with Gasteiger partial charge < -0.3 is 23.9 Å². The molecule has 0 spiro atoms. The molecule has 176 valence electrons. The van der Waals surface area contributed by atoms with Gasteiger partial charge in [0.25, 0.3) is 0 Å². The van der Waals surface area contributed by atoms with Crippen molar-refractivity contribution in [3.63, 3.8) is 0 Å². The molecule has 1 aliphatic heterocycles. The minimum atomic E-state index is -0.576. The van der Waals surface area contributed by atoms with E-state index < -0.39 is 11.9 Å². The van der Waals surface area contributed by atoms with Crippen molar-refractivity contribution in [1.29, 1.82) is 0 Å². The van der Waals surface area contributed by atoms with Crippen molar-refractivity contribution in [2.24, 2.45) is 0 Å². The molecule has 1 saturated heterocycles. The summed E-state index contributed by atoms with van der Waals surface area (Å²) in [5.41, 5.74) is 2.58. The standard InChI is InChI=1S/C24H22ClFN4O4/c1-13-3-5-19-18(9-13)28-23(30(19)12-14-11-29(7-8-34-14)24(32)33-2)21-16(25)10-17-15(22(21)26)4-6-20(31)27-17/h3-6,9-10,14H,7-8,11-12H2,1-2H3,(H,27,31)/t14-/m1/s1. The number of halogens is 2. The molecule has 1 aliphatic rings. The van der Waals surface area contributed by atoms with Crippen LogP contribution in [0, 0.1) is 12.7 Å². The summed E-state index contributed by atoms with van der Waals surface area (Å²) in [7, 11) is 1.34. The Morgan fingerprint density at radius 1 is 1.32 bits per heavy atom. The average molecular weight is 485 g/mol. The predicted molar refractivity (Wildman–Crippen MR) is 127 cm³/mol. The van der Waals surface area contributed by atoms with E-state index in [0.717, 1.165) is 11.1 Å². The number of aromatic amines is 1.